The van der Waals surface area contributed by atoms with Crippen LogP contribution in [0.4, 0.5) is 0 Å². The molecule has 0 saturated carbocycles. The molecule has 112 valence electrons. The molecule has 0 aliphatic carbocycles. The highest BCUT2D eigenvalue weighted by Gasteiger charge is 2.20. The maximum Gasteiger partial charge on any atom is 0.303 e. The summed E-state index contributed by atoms with van der Waals surface area (Å²) in [5, 5.41) is 8.71. The van der Waals surface area contributed by atoms with Gasteiger partial charge in [0.1, 0.15) is 0 Å². The van der Waals surface area contributed by atoms with E-state index in [9.17, 15) is 4.79 Å². The van der Waals surface area contributed by atoms with E-state index in [0.717, 1.165) is 52.3 Å². The molecular formula is C14H27NO4. The van der Waals surface area contributed by atoms with E-state index >= 15 is 0 Å². The van der Waals surface area contributed by atoms with Gasteiger partial charge in [0.15, 0.2) is 0 Å². The summed E-state index contributed by atoms with van der Waals surface area (Å²) < 4.78 is 10.5. The monoisotopic (exact) mass is 273 g/mol. The van der Waals surface area contributed by atoms with E-state index in [1.807, 2.05) is 0 Å². The Morgan fingerprint density at radius 3 is 2.95 bits per heavy atom. The quantitative estimate of drug-likeness (QED) is 0.613. The van der Waals surface area contributed by atoms with E-state index in [-0.39, 0.29) is 0 Å². The minimum absolute atomic E-state index is 0.298. The zero-order valence-corrected chi connectivity index (χ0v) is 12.0. The van der Waals surface area contributed by atoms with Crippen molar-refractivity contribution in [2.24, 2.45) is 5.92 Å². The number of carbonyl (C=O) groups is 1. The maximum atomic E-state index is 10.6. The second-order valence-corrected chi connectivity index (χ2v) is 5.20. The fourth-order valence-corrected chi connectivity index (χ4v) is 2.52. The lowest BCUT2D eigenvalue weighted by molar-refractivity contribution is -0.137. The van der Waals surface area contributed by atoms with Gasteiger partial charge in [-0.1, -0.05) is 0 Å². The van der Waals surface area contributed by atoms with Crippen molar-refractivity contribution in [1.29, 1.82) is 0 Å². The molecule has 1 atom stereocenters. The molecule has 1 rings (SSSR count). The molecule has 1 fully saturated rings. The van der Waals surface area contributed by atoms with Crippen LogP contribution in [0.5, 0.6) is 0 Å². The zero-order chi connectivity index (χ0) is 13.9. The second-order valence-electron chi connectivity index (χ2n) is 5.20. The first-order chi connectivity index (χ1) is 9.22. The Labute approximate surface area is 115 Å². The average molecular weight is 273 g/mol. The number of carboxylic acid groups (broad SMARTS) is 1. The molecule has 5 nitrogen and oxygen atoms in total. The average Bonchev–Trinajstić information content (AvgIpc) is 2.41. The molecule has 0 spiro atoms. The van der Waals surface area contributed by atoms with E-state index < -0.39 is 5.97 Å². The summed E-state index contributed by atoms with van der Waals surface area (Å²) in [7, 11) is 1.70. The van der Waals surface area contributed by atoms with Gasteiger partial charge in [-0.25, -0.2) is 0 Å². The molecule has 1 aliphatic heterocycles. The van der Waals surface area contributed by atoms with E-state index in [2.05, 4.69) is 4.90 Å². The van der Waals surface area contributed by atoms with Crippen molar-refractivity contribution in [3.63, 3.8) is 0 Å². The Bertz CT molecular complexity index is 248. The highest BCUT2D eigenvalue weighted by molar-refractivity contribution is 5.66. The van der Waals surface area contributed by atoms with Crippen LogP contribution in [0.1, 0.15) is 32.1 Å². The van der Waals surface area contributed by atoms with Crippen molar-refractivity contribution >= 4 is 5.97 Å². The molecule has 0 aromatic heterocycles. The van der Waals surface area contributed by atoms with Gasteiger partial charge in [0, 0.05) is 39.8 Å². The molecule has 0 aromatic rings. The van der Waals surface area contributed by atoms with Crippen molar-refractivity contribution < 1.29 is 19.4 Å². The third kappa shape index (κ3) is 8.18. The number of hydrogen-bond acceptors (Lipinski definition) is 4. The molecule has 0 radical (unpaired) electrons. The van der Waals surface area contributed by atoms with Gasteiger partial charge in [0.25, 0.3) is 0 Å². The minimum atomic E-state index is -0.682. The molecule has 0 amide bonds. The number of aliphatic carboxylic acids is 1. The second kappa shape index (κ2) is 10.2. The number of ether oxygens (including phenoxy) is 2. The summed E-state index contributed by atoms with van der Waals surface area (Å²) in [6.45, 7) is 5.36. The van der Waals surface area contributed by atoms with Crippen molar-refractivity contribution in [3.8, 4) is 0 Å². The highest BCUT2D eigenvalue weighted by atomic mass is 16.5. The zero-order valence-electron chi connectivity index (χ0n) is 12.0. The number of hydrogen-bond donors (Lipinski definition) is 1. The van der Waals surface area contributed by atoms with Crippen LogP contribution in [0.15, 0.2) is 0 Å². The van der Waals surface area contributed by atoms with Crippen LogP contribution in [-0.2, 0) is 14.3 Å². The minimum Gasteiger partial charge on any atom is -0.481 e. The van der Waals surface area contributed by atoms with Gasteiger partial charge in [-0.3, -0.25) is 4.79 Å². The van der Waals surface area contributed by atoms with E-state index in [4.69, 9.17) is 14.6 Å². The third-order valence-corrected chi connectivity index (χ3v) is 3.56. The van der Waals surface area contributed by atoms with Gasteiger partial charge in [0.2, 0.25) is 0 Å². The lowest BCUT2D eigenvalue weighted by Crippen LogP contribution is -2.37. The Morgan fingerprint density at radius 1 is 1.37 bits per heavy atom. The lowest BCUT2D eigenvalue weighted by Gasteiger charge is -2.32. The van der Waals surface area contributed by atoms with Gasteiger partial charge in [-0.2, -0.15) is 0 Å². The summed E-state index contributed by atoms with van der Waals surface area (Å²) in [4.78, 5) is 13.0. The van der Waals surface area contributed by atoms with Crippen LogP contribution in [0.2, 0.25) is 0 Å². The normalized spacial score (nSPS) is 20.6. The molecule has 1 N–H and O–H groups in total. The van der Waals surface area contributed by atoms with Crippen LogP contribution in [-0.4, -0.2) is 62.5 Å². The number of piperidine rings is 1. The van der Waals surface area contributed by atoms with Crippen molar-refractivity contribution in [3.05, 3.63) is 0 Å². The summed E-state index contributed by atoms with van der Waals surface area (Å²) in [5.74, 6) is -0.142. The number of carboxylic acids is 1. The molecule has 0 bridgehead atoms. The Hall–Kier alpha value is -0.650. The molecule has 19 heavy (non-hydrogen) atoms. The van der Waals surface area contributed by atoms with Gasteiger partial charge >= 0.3 is 5.97 Å². The van der Waals surface area contributed by atoms with Gasteiger partial charge < -0.3 is 19.5 Å². The molecule has 0 aromatic carbocycles. The van der Waals surface area contributed by atoms with E-state index in [1.165, 1.54) is 12.8 Å². The number of likely N-dealkylation sites (tertiary alicyclic amines) is 1. The standard InChI is InChI=1S/C14H27NO4/c1-18-9-3-10-19-11-8-15-7-2-4-13(12-15)5-6-14(16)17/h13H,2-12H2,1H3,(H,16,17). The summed E-state index contributed by atoms with van der Waals surface area (Å²) in [6, 6.07) is 0. The van der Waals surface area contributed by atoms with E-state index in [0.29, 0.717) is 12.3 Å². The van der Waals surface area contributed by atoms with Crippen LogP contribution < -0.4 is 0 Å². The first-order valence-corrected chi connectivity index (χ1v) is 7.23. The van der Waals surface area contributed by atoms with E-state index in [1.54, 1.807) is 7.11 Å². The maximum absolute atomic E-state index is 10.6. The van der Waals surface area contributed by atoms with Crippen molar-refractivity contribution in [2.45, 2.75) is 32.1 Å². The van der Waals surface area contributed by atoms with Crippen LogP contribution >= 0.6 is 0 Å². The summed E-state index contributed by atoms with van der Waals surface area (Å²) in [5.41, 5.74) is 0. The third-order valence-electron chi connectivity index (χ3n) is 3.56. The predicted octanol–water partition coefficient (Wildman–Crippen LogP) is 1.62. The number of rotatable bonds is 10. The summed E-state index contributed by atoms with van der Waals surface area (Å²) in [6.07, 6.45) is 4.39. The highest BCUT2D eigenvalue weighted by Crippen LogP contribution is 2.20. The molecule has 1 saturated heterocycles. The molecular weight excluding hydrogens is 246 g/mol. The first-order valence-electron chi connectivity index (χ1n) is 7.23. The van der Waals surface area contributed by atoms with Crippen LogP contribution in [0, 0.1) is 5.92 Å². The molecule has 5 heteroatoms. The predicted molar refractivity (Wildman–Crippen MR) is 73.3 cm³/mol. The SMILES string of the molecule is COCCCOCCN1CCCC(CCC(=O)O)C1. The fourth-order valence-electron chi connectivity index (χ4n) is 2.52. The van der Waals surface area contributed by atoms with Crippen LogP contribution in [0.3, 0.4) is 0 Å². The first kappa shape index (κ1) is 16.4. The Morgan fingerprint density at radius 2 is 2.21 bits per heavy atom. The molecule has 1 aliphatic rings. The molecule has 1 heterocycles. The van der Waals surface area contributed by atoms with Gasteiger partial charge in [-0.05, 0) is 38.1 Å². The van der Waals surface area contributed by atoms with Gasteiger partial charge in [0.05, 0.1) is 6.61 Å². The van der Waals surface area contributed by atoms with Gasteiger partial charge in [-0.15, -0.1) is 0 Å². The van der Waals surface area contributed by atoms with Crippen molar-refractivity contribution in [1.82, 2.24) is 4.90 Å². The van der Waals surface area contributed by atoms with Crippen molar-refractivity contribution in [2.75, 3.05) is 46.6 Å². The lowest BCUT2D eigenvalue weighted by atomic mass is 9.93. The smallest absolute Gasteiger partial charge is 0.303 e. The topological polar surface area (TPSA) is 59.0 Å². The number of methoxy groups -OCH3 is 1. The number of nitrogens with zero attached hydrogens (tertiary/aromatic N) is 1. The Kier molecular flexibility index (Phi) is 8.79. The largest absolute Gasteiger partial charge is 0.481 e. The Balaban J connectivity index is 2.04. The summed E-state index contributed by atoms with van der Waals surface area (Å²) >= 11 is 0. The fraction of sp³-hybridized carbons (Fsp3) is 0.929. The van der Waals surface area contributed by atoms with Crippen LogP contribution in [0.25, 0.3) is 0 Å². The molecule has 1 unspecified atom stereocenters.